The molecule has 5 nitrogen and oxygen atoms in total. The molecule has 1 aromatic carbocycles. The Morgan fingerprint density at radius 3 is 2.58 bits per heavy atom. The van der Waals surface area contributed by atoms with Crippen LogP contribution in [0.25, 0.3) is 11.1 Å². The molecule has 1 aliphatic rings. The van der Waals surface area contributed by atoms with Crippen molar-refractivity contribution < 1.29 is 0 Å². The quantitative estimate of drug-likeness (QED) is 0.693. The molecule has 0 radical (unpaired) electrons. The first-order valence-corrected chi connectivity index (χ1v) is 8.94. The lowest BCUT2D eigenvalue weighted by Crippen LogP contribution is -2.17. The normalized spacial score (nSPS) is 15.8. The van der Waals surface area contributed by atoms with Crippen molar-refractivity contribution in [2.75, 3.05) is 0 Å². The highest BCUT2D eigenvalue weighted by Gasteiger charge is 2.27. The molecule has 26 heavy (non-hydrogen) atoms. The summed E-state index contributed by atoms with van der Waals surface area (Å²) in [4.78, 5) is 17.3. The van der Waals surface area contributed by atoms with Gasteiger partial charge in [-0.3, -0.25) is 14.5 Å². The van der Waals surface area contributed by atoms with Gasteiger partial charge in [0.2, 0.25) is 0 Å². The maximum Gasteiger partial charge on any atom is 0.250 e. The van der Waals surface area contributed by atoms with Gasteiger partial charge in [-0.15, -0.1) is 0 Å². The van der Waals surface area contributed by atoms with Crippen molar-refractivity contribution in [2.45, 2.75) is 19.4 Å². The van der Waals surface area contributed by atoms with Crippen LogP contribution in [0.1, 0.15) is 36.2 Å². The van der Waals surface area contributed by atoms with Crippen molar-refractivity contribution in [3.8, 4) is 11.1 Å². The molecular formula is C20H19ClN4O. The molecule has 0 saturated carbocycles. The minimum Gasteiger partial charge on any atom is -0.318 e. The molecule has 0 bridgehead atoms. The van der Waals surface area contributed by atoms with E-state index in [-0.39, 0.29) is 11.6 Å². The topological polar surface area (TPSA) is 52.2 Å². The van der Waals surface area contributed by atoms with Crippen LogP contribution in [0.3, 0.4) is 0 Å². The van der Waals surface area contributed by atoms with Crippen LogP contribution in [0.5, 0.6) is 0 Å². The Hall–Kier alpha value is -2.66. The van der Waals surface area contributed by atoms with E-state index in [0.717, 1.165) is 40.1 Å². The summed E-state index contributed by atoms with van der Waals surface area (Å²) in [6, 6.07) is 9.29. The van der Waals surface area contributed by atoms with E-state index in [1.165, 1.54) is 0 Å². The molecule has 1 aliphatic heterocycles. The summed E-state index contributed by atoms with van der Waals surface area (Å²) in [5.41, 5.74) is 5.72. The van der Waals surface area contributed by atoms with Crippen LogP contribution >= 0.6 is 11.6 Å². The third-order valence-corrected chi connectivity index (χ3v) is 5.11. The minimum atomic E-state index is -0.0861. The molecule has 3 aromatic rings. The van der Waals surface area contributed by atoms with Crippen molar-refractivity contribution in [3.05, 3.63) is 74.9 Å². The number of pyridine rings is 1. The number of aliphatic imine (C=N–C) groups is 1. The molecule has 0 amide bonds. The van der Waals surface area contributed by atoms with Crippen LogP contribution in [-0.2, 0) is 14.1 Å². The van der Waals surface area contributed by atoms with Crippen molar-refractivity contribution >= 4 is 17.3 Å². The van der Waals surface area contributed by atoms with Gasteiger partial charge in [-0.1, -0.05) is 30.7 Å². The second kappa shape index (κ2) is 6.25. The van der Waals surface area contributed by atoms with E-state index in [1.54, 1.807) is 17.7 Å². The summed E-state index contributed by atoms with van der Waals surface area (Å²) >= 11 is 6.06. The summed E-state index contributed by atoms with van der Waals surface area (Å²) in [5, 5.41) is 5.14. The van der Waals surface area contributed by atoms with Gasteiger partial charge in [-0.25, -0.2) is 0 Å². The van der Waals surface area contributed by atoms with Crippen molar-refractivity contribution in [3.63, 3.8) is 0 Å². The van der Waals surface area contributed by atoms with E-state index in [0.29, 0.717) is 5.02 Å². The fourth-order valence-corrected chi connectivity index (χ4v) is 3.60. The Kier molecular flexibility index (Phi) is 4.04. The van der Waals surface area contributed by atoms with Gasteiger partial charge < -0.3 is 4.57 Å². The van der Waals surface area contributed by atoms with Crippen LogP contribution in [0.15, 0.2) is 52.5 Å². The summed E-state index contributed by atoms with van der Waals surface area (Å²) in [7, 11) is 3.68. The third-order valence-electron chi connectivity index (χ3n) is 4.86. The van der Waals surface area contributed by atoms with Gasteiger partial charge in [0, 0.05) is 48.1 Å². The molecule has 1 atom stereocenters. The van der Waals surface area contributed by atoms with Gasteiger partial charge in [-0.2, -0.15) is 5.10 Å². The Labute approximate surface area is 156 Å². The predicted octanol–water partition coefficient (Wildman–Crippen LogP) is 3.74. The molecule has 1 unspecified atom stereocenters. The number of hydrogen-bond donors (Lipinski definition) is 0. The highest BCUT2D eigenvalue weighted by atomic mass is 35.5. The number of nitrogens with zero attached hydrogens (tertiary/aromatic N) is 4. The number of aryl methyl sites for hydroxylation is 2. The first kappa shape index (κ1) is 16.8. The number of hydrogen-bond acceptors (Lipinski definition) is 3. The molecule has 132 valence electrons. The summed E-state index contributed by atoms with van der Waals surface area (Å²) in [6.07, 6.45) is 4.54. The monoisotopic (exact) mass is 366 g/mol. The van der Waals surface area contributed by atoms with Crippen LogP contribution in [0.4, 0.5) is 0 Å². The van der Waals surface area contributed by atoms with Gasteiger partial charge in [0.15, 0.2) is 0 Å². The molecule has 0 fully saturated rings. The van der Waals surface area contributed by atoms with E-state index in [4.69, 9.17) is 16.6 Å². The Morgan fingerprint density at radius 1 is 1.15 bits per heavy atom. The zero-order valence-corrected chi connectivity index (χ0v) is 15.7. The minimum absolute atomic E-state index is 0.0298. The van der Waals surface area contributed by atoms with Gasteiger partial charge in [-0.05, 0) is 24.1 Å². The van der Waals surface area contributed by atoms with E-state index < -0.39 is 0 Å². The molecule has 4 rings (SSSR count). The predicted molar refractivity (Wildman–Crippen MR) is 104 cm³/mol. The Balaban J connectivity index is 2.05. The maximum atomic E-state index is 12.2. The lowest BCUT2D eigenvalue weighted by molar-refractivity contribution is 0.695. The molecule has 6 heteroatoms. The number of aromatic nitrogens is 3. The largest absolute Gasteiger partial charge is 0.318 e. The molecular weight excluding hydrogens is 348 g/mol. The fraction of sp³-hybridized carbons (Fsp3) is 0.250. The third kappa shape index (κ3) is 2.59. The van der Waals surface area contributed by atoms with Crippen molar-refractivity contribution in [2.24, 2.45) is 19.1 Å². The first-order valence-electron chi connectivity index (χ1n) is 8.56. The summed E-state index contributed by atoms with van der Waals surface area (Å²) < 4.78 is 3.45. The highest BCUT2D eigenvalue weighted by molar-refractivity contribution is 6.30. The molecule has 0 saturated heterocycles. The Morgan fingerprint density at radius 2 is 1.88 bits per heavy atom. The smallest absolute Gasteiger partial charge is 0.250 e. The lowest BCUT2D eigenvalue weighted by atomic mass is 9.96. The molecule has 3 heterocycles. The van der Waals surface area contributed by atoms with Gasteiger partial charge in [0.1, 0.15) is 0 Å². The highest BCUT2D eigenvalue weighted by Crippen LogP contribution is 2.37. The average molecular weight is 367 g/mol. The zero-order chi connectivity index (χ0) is 18.4. The fourth-order valence-electron chi connectivity index (χ4n) is 3.48. The number of benzene rings is 1. The van der Waals surface area contributed by atoms with Gasteiger partial charge in [0.25, 0.3) is 5.56 Å². The standard InChI is InChI=1S/C20H19ClN4O/c1-4-17-14-9-18(26)24(2)11-16(14)15-10-22-25(3)20(15)19(23-17)12-5-7-13(21)8-6-12/h5-11,17H,4H2,1-3H3. The zero-order valence-electron chi connectivity index (χ0n) is 14.9. The number of halogens is 1. The van der Waals surface area contributed by atoms with Crippen LogP contribution < -0.4 is 5.56 Å². The molecule has 0 N–H and O–H groups in total. The number of rotatable bonds is 2. The maximum absolute atomic E-state index is 12.2. The van der Waals surface area contributed by atoms with Gasteiger partial charge in [0.05, 0.1) is 23.6 Å². The lowest BCUT2D eigenvalue weighted by Gasteiger charge is -2.14. The second-order valence-electron chi connectivity index (χ2n) is 6.53. The molecule has 0 spiro atoms. The van der Waals surface area contributed by atoms with Gasteiger partial charge >= 0.3 is 0 Å². The van der Waals surface area contributed by atoms with E-state index >= 15 is 0 Å². The molecule has 2 aromatic heterocycles. The first-order chi connectivity index (χ1) is 12.5. The SMILES string of the molecule is CCC1N=C(c2ccc(Cl)cc2)c2c(cnn2C)-c2cn(C)c(=O)cc21. The van der Waals surface area contributed by atoms with E-state index in [1.807, 2.05) is 48.4 Å². The van der Waals surface area contributed by atoms with Crippen LogP contribution in [0.2, 0.25) is 5.02 Å². The van der Waals surface area contributed by atoms with Crippen LogP contribution in [-0.4, -0.2) is 20.1 Å². The second-order valence-corrected chi connectivity index (χ2v) is 6.97. The Bertz CT molecular complexity index is 1080. The van der Waals surface area contributed by atoms with E-state index in [9.17, 15) is 4.79 Å². The summed E-state index contributed by atoms with van der Waals surface area (Å²) in [6.45, 7) is 2.09. The van der Waals surface area contributed by atoms with Crippen molar-refractivity contribution in [1.29, 1.82) is 0 Å². The summed E-state index contributed by atoms with van der Waals surface area (Å²) in [5.74, 6) is 0. The van der Waals surface area contributed by atoms with Crippen molar-refractivity contribution in [1.82, 2.24) is 14.3 Å². The number of fused-ring (bicyclic) bond motifs is 3. The van der Waals surface area contributed by atoms with E-state index in [2.05, 4.69) is 12.0 Å². The average Bonchev–Trinajstić information content (AvgIpc) is 2.94. The molecule has 0 aliphatic carbocycles. The van der Waals surface area contributed by atoms with Crippen LogP contribution in [0, 0.1) is 0 Å².